The number of aryl methyl sites for hydroxylation is 1. The second-order valence-electron chi connectivity index (χ2n) is 3.38. The Morgan fingerprint density at radius 3 is 2.94 bits per heavy atom. The standard InChI is InChI=1S/C11H11ClN4/c1-8-5-10(16-11(12)15-8)14-7-9-3-2-4-13-6-9/h2-6H,7H2,1H3,(H,14,15,16). The third-order valence-electron chi connectivity index (χ3n) is 2.02. The molecule has 0 aromatic carbocycles. The van der Waals surface area contributed by atoms with Crippen LogP contribution in [0.1, 0.15) is 11.3 Å². The van der Waals surface area contributed by atoms with Gasteiger partial charge in [0.25, 0.3) is 0 Å². The van der Waals surface area contributed by atoms with Crippen molar-refractivity contribution >= 4 is 17.4 Å². The van der Waals surface area contributed by atoms with Crippen molar-refractivity contribution in [1.29, 1.82) is 0 Å². The molecule has 5 heteroatoms. The van der Waals surface area contributed by atoms with Crippen LogP contribution in [-0.4, -0.2) is 15.0 Å². The van der Waals surface area contributed by atoms with Crippen LogP contribution in [0, 0.1) is 6.92 Å². The molecule has 0 atom stereocenters. The first-order valence-electron chi connectivity index (χ1n) is 4.88. The monoisotopic (exact) mass is 234 g/mol. The molecule has 0 amide bonds. The van der Waals surface area contributed by atoms with E-state index in [1.54, 1.807) is 6.20 Å². The van der Waals surface area contributed by atoms with Gasteiger partial charge in [-0.2, -0.15) is 0 Å². The number of nitrogens with one attached hydrogen (secondary N) is 1. The Balaban J connectivity index is 2.05. The molecule has 82 valence electrons. The summed E-state index contributed by atoms with van der Waals surface area (Å²) < 4.78 is 0. The minimum absolute atomic E-state index is 0.258. The fraction of sp³-hybridized carbons (Fsp3) is 0.182. The molecule has 0 bridgehead atoms. The third-order valence-corrected chi connectivity index (χ3v) is 2.19. The third kappa shape index (κ3) is 2.90. The lowest BCUT2D eigenvalue weighted by Crippen LogP contribution is -2.02. The normalized spacial score (nSPS) is 10.1. The Morgan fingerprint density at radius 1 is 1.38 bits per heavy atom. The summed E-state index contributed by atoms with van der Waals surface area (Å²) in [4.78, 5) is 12.1. The van der Waals surface area contributed by atoms with Crippen molar-refractivity contribution in [3.63, 3.8) is 0 Å². The first kappa shape index (κ1) is 10.8. The van der Waals surface area contributed by atoms with Gasteiger partial charge in [0, 0.05) is 30.7 Å². The van der Waals surface area contributed by atoms with Crippen molar-refractivity contribution in [2.45, 2.75) is 13.5 Å². The molecule has 0 aliphatic heterocycles. The van der Waals surface area contributed by atoms with Gasteiger partial charge in [0.2, 0.25) is 5.28 Å². The molecular weight excluding hydrogens is 224 g/mol. The Labute approximate surface area is 98.7 Å². The van der Waals surface area contributed by atoms with E-state index in [0.29, 0.717) is 6.54 Å². The largest absolute Gasteiger partial charge is 0.366 e. The molecule has 0 fully saturated rings. The van der Waals surface area contributed by atoms with Crippen LogP contribution in [0.3, 0.4) is 0 Å². The van der Waals surface area contributed by atoms with Gasteiger partial charge < -0.3 is 5.32 Å². The van der Waals surface area contributed by atoms with Crippen LogP contribution in [0.25, 0.3) is 0 Å². The fourth-order valence-corrected chi connectivity index (χ4v) is 1.54. The molecule has 2 rings (SSSR count). The zero-order chi connectivity index (χ0) is 11.4. The number of hydrogen-bond acceptors (Lipinski definition) is 4. The summed E-state index contributed by atoms with van der Waals surface area (Å²) in [5.74, 6) is 0.723. The second-order valence-corrected chi connectivity index (χ2v) is 3.72. The number of hydrogen-bond donors (Lipinski definition) is 1. The minimum atomic E-state index is 0.258. The average molecular weight is 235 g/mol. The summed E-state index contributed by atoms with van der Waals surface area (Å²) in [5, 5.41) is 3.43. The average Bonchev–Trinajstić information content (AvgIpc) is 2.27. The highest BCUT2D eigenvalue weighted by atomic mass is 35.5. The van der Waals surface area contributed by atoms with Gasteiger partial charge in [-0.15, -0.1) is 0 Å². The molecule has 0 spiro atoms. The molecular formula is C11H11ClN4. The molecule has 0 unspecified atom stereocenters. The molecule has 16 heavy (non-hydrogen) atoms. The maximum Gasteiger partial charge on any atom is 0.224 e. The van der Waals surface area contributed by atoms with Gasteiger partial charge in [0.1, 0.15) is 5.82 Å². The lowest BCUT2D eigenvalue weighted by molar-refractivity contribution is 1.04. The summed E-state index contributed by atoms with van der Waals surface area (Å²) in [7, 11) is 0. The van der Waals surface area contributed by atoms with Crippen molar-refractivity contribution in [2.75, 3.05) is 5.32 Å². The van der Waals surface area contributed by atoms with Gasteiger partial charge in [-0.3, -0.25) is 4.98 Å². The Kier molecular flexibility index (Phi) is 3.31. The van der Waals surface area contributed by atoms with E-state index in [2.05, 4.69) is 20.3 Å². The van der Waals surface area contributed by atoms with Crippen LogP contribution < -0.4 is 5.32 Å². The van der Waals surface area contributed by atoms with Crippen LogP contribution in [-0.2, 0) is 6.54 Å². The van der Waals surface area contributed by atoms with E-state index in [9.17, 15) is 0 Å². The Bertz CT molecular complexity index is 452. The van der Waals surface area contributed by atoms with Crippen molar-refractivity contribution in [1.82, 2.24) is 15.0 Å². The number of halogens is 1. The fourth-order valence-electron chi connectivity index (χ4n) is 1.32. The van der Waals surface area contributed by atoms with Crippen LogP contribution >= 0.6 is 11.6 Å². The van der Waals surface area contributed by atoms with E-state index in [4.69, 9.17) is 11.6 Å². The zero-order valence-electron chi connectivity index (χ0n) is 8.81. The molecule has 0 aliphatic carbocycles. The quantitative estimate of drug-likeness (QED) is 0.829. The van der Waals surface area contributed by atoms with Crippen molar-refractivity contribution < 1.29 is 0 Å². The number of nitrogens with zero attached hydrogens (tertiary/aromatic N) is 3. The highest BCUT2D eigenvalue weighted by Gasteiger charge is 1.99. The summed E-state index contributed by atoms with van der Waals surface area (Å²) in [6.07, 6.45) is 3.55. The van der Waals surface area contributed by atoms with Gasteiger partial charge in [0.15, 0.2) is 0 Å². The molecule has 0 saturated carbocycles. The smallest absolute Gasteiger partial charge is 0.224 e. The van der Waals surface area contributed by atoms with E-state index < -0.39 is 0 Å². The number of anilines is 1. The number of rotatable bonds is 3. The number of aromatic nitrogens is 3. The van der Waals surface area contributed by atoms with Crippen LogP contribution in [0.15, 0.2) is 30.6 Å². The maximum absolute atomic E-state index is 5.76. The molecule has 4 nitrogen and oxygen atoms in total. The van der Waals surface area contributed by atoms with Gasteiger partial charge in [-0.1, -0.05) is 6.07 Å². The summed E-state index contributed by atoms with van der Waals surface area (Å²) in [6.45, 7) is 2.55. The first-order valence-corrected chi connectivity index (χ1v) is 5.26. The molecule has 0 radical (unpaired) electrons. The van der Waals surface area contributed by atoms with Crippen LogP contribution in [0.4, 0.5) is 5.82 Å². The van der Waals surface area contributed by atoms with Crippen molar-refractivity contribution in [3.8, 4) is 0 Å². The van der Waals surface area contributed by atoms with Crippen molar-refractivity contribution in [3.05, 3.63) is 47.1 Å². The van der Waals surface area contributed by atoms with Gasteiger partial charge in [-0.25, -0.2) is 9.97 Å². The Hall–Kier alpha value is -1.68. The SMILES string of the molecule is Cc1cc(NCc2cccnc2)nc(Cl)n1. The summed E-state index contributed by atoms with van der Waals surface area (Å²) in [5.41, 5.74) is 1.93. The predicted molar refractivity (Wildman–Crippen MR) is 63.3 cm³/mol. The molecule has 0 aliphatic rings. The lowest BCUT2D eigenvalue weighted by Gasteiger charge is -2.05. The van der Waals surface area contributed by atoms with Gasteiger partial charge in [0.05, 0.1) is 0 Å². The second kappa shape index (κ2) is 4.90. The van der Waals surface area contributed by atoms with E-state index in [1.807, 2.05) is 31.3 Å². The first-order chi connectivity index (χ1) is 7.74. The number of pyridine rings is 1. The molecule has 2 heterocycles. The molecule has 0 saturated heterocycles. The maximum atomic E-state index is 5.76. The van der Waals surface area contributed by atoms with Gasteiger partial charge in [-0.05, 0) is 30.2 Å². The molecule has 1 N–H and O–H groups in total. The minimum Gasteiger partial charge on any atom is -0.366 e. The predicted octanol–water partition coefficient (Wildman–Crippen LogP) is 2.45. The van der Waals surface area contributed by atoms with E-state index >= 15 is 0 Å². The summed E-state index contributed by atoms with van der Waals surface area (Å²) in [6, 6.07) is 5.74. The lowest BCUT2D eigenvalue weighted by atomic mass is 10.3. The molecule has 2 aromatic heterocycles. The van der Waals surface area contributed by atoms with E-state index in [-0.39, 0.29) is 5.28 Å². The van der Waals surface area contributed by atoms with Crippen molar-refractivity contribution in [2.24, 2.45) is 0 Å². The van der Waals surface area contributed by atoms with Gasteiger partial charge >= 0.3 is 0 Å². The van der Waals surface area contributed by atoms with E-state index in [1.165, 1.54) is 0 Å². The summed E-state index contributed by atoms with van der Waals surface area (Å²) >= 11 is 5.76. The van der Waals surface area contributed by atoms with Crippen LogP contribution in [0.5, 0.6) is 0 Å². The molecule has 2 aromatic rings. The van der Waals surface area contributed by atoms with Crippen LogP contribution in [0.2, 0.25) is 5.28 Å². The highest BCUT2D eigenvalue weighted by molar-refractivity contribution is 6.28. The topological polar surface area (TPSA) is 50.7 Å². The van der Waals surface area contributed by atoms with E-state index in [0.717, 1.165) is 17.1 Å². The Morgan fingerprint density at radius 2 is 2.25 bits per heavy atom. The highest BCUT2D eigenvalue weighted by Crippen LogP contribution is 2.10. The zero-order valence-corrected chi connectivity index (χ0v) is 9.57.